The first-order valence-corrected chi connectivity index (χ1v) is 9.01. The maximum Gasteiger partial charge on any atom is 0.252 e. The van der Waals surface area contributed by atoms with Crippen LogP contribution in [-0.2, 0) is 10.0 Å². The fourth-order valence-electron chi connectivity index (χ4n) is 1.64. The summed E-state index contributed by atoms with van der Waals surface area (Å²) in [5, 5.41) is 3.76. The summed E-state index contributed by atoms with van der Waals surface area (Å²) in [4.78, 5) is 11.8. The van der Waals surface area contributed by atoms with Gasteiger partial charge < -0.3 is 5.32 Å². The molecule has 0 atom stereocenters. The van der Waals surface area contributed by atoms with Crippen LogP contribution >= 0.6 is 22.9 Å². The standard InChI is InChI=1S/C13H11ClF2N2O3S2/c14-9-7-11(16)10(15)6-8(9)13(19)17-3-4-18-23(20,21)12-2-1-5-22-12/h1-2,5-7,18H,3-4H2,(H,17,19). The third kappa shape index (κ3) is 4.47. The van der Waals surface area contributed by atoms with Crippen LogP contribution in [0.15, 0.2) is 33.9 Å². The summed E-state index contributed by atoms with van der Waals surface area (Å²) < 4.78 is 52.1. The first kappa shape index (κ1) is 17.8. The molecule has 0 aliphatic heterocycles. The largest absolute Gasteiger partial charge is 0.351 e. The van der Waals surface area contributed by atoms with Gasteiger partial charge in [-0.1, -0.05) is 17.7 Å². The molecule has 1 amide bonds. The maximum absolute atomic E-state index is 13.1. The number of rotatable bonds is 6. The molecule has 1 aromatic heterocycles. The summed E-state index contributed by atoms with van der Waals surface area (Å²) in [6, 6.07) is 4.44. The molecule has 0 bridgehead atoms. The molecule has 10 heteroatoms. The summed E-state index contributed by atoms with van der Waals surface area (Å²) in [5.41, 5.74) is -0.230. The van der Waals surface area contributed by atoms with E-state index in [0.717, 1.165) is 11.3 Å². The van der Waals surface area contributed by atoms with Crippen molar-refractivity contribution in [1.29, 1.82) is 0 Å². The average Bonchev–Trinajstić information content (AvgIpc) is 3.02. The van der Waals surface area contributed by atoms with Crippen LogP contribution in [0.25, 0.3) is 0 Å². The van der Waals surface area contributed by atoms with E-state index in [9.17, 15) is 22.0 Å². The second-order valence-corrected chi connectivity index (χ2v) is 7.68. The van der Waals surface area contributed by atoms with Gasteiger partial charge in [-0.25, -0.2) is 21.9 Å². The van der Waals surface area contributed by atoms with Crippen molar-refractivity contribution >= 4 is 38.9 Å². The van der Waals surface area contributed by atoms with Crippen LogP contribution in [0.4, 0.5) is 8.78 Å². The smallest absolute Gasteiger partial charge is 0.252 e. The minimum Gasteiger partial charge on any atom is -0.351 e. The first-order valence-electron chi connectivity index (χ1n) is 6.27. The molecule has 0 unspecified atom stereocenters. The Kier molecular flexibility index (Phi) is 5.69. The molecule has 124 valence electrons. The van der Waals surface area contributed by atoms with E-state index in [1.807, 2.05) is 0 Å². The highest BCUT2D eigenvalue weighted by Gasteiger charge is 2.16. The van der Waals surface area contributed by atoms with Crippen molar-refractivity contribution in [2.24, 2.45) is 0 Å². The summed E-state index contributed by atoms with van der Waals surface area (Å²) >= 11 is 6.74. The SMILES string of the molecule is O=C(NCCNS(=O)(=O)c1cccs1)c1cc(F)c(F)cc1Cl. The van der Waals surface area contributed by atoms with E-state index < -0.39 is 27.6 Å². The molecule has 0 spiro atoms. The number of sulfonamides is 1. The Bertz CT molecular complexity index is 811. The molecule has 0 saturated carbocycles. The van der Waals surface area contributed by atoms with E-state index in [4.69, 9.17) is 11.6 Å². The molecule has 1 aromatic carbocycles. The van der Waals surface area contributed by atoms with Gasteiger partial charge in [-0.2, -0.15) is 0 Å². The van der Waals surface area contributed by atoms with Crippen LogP contribution in [0, 0.1) is 11.6 Å². The Morgan fingerprint density at radius 2 is 1.91 bits per heavy atom. The third-order valence-corrected chi connectivity index (χ3v) is 5.89. The fourth-order valence-corrected chi connectivity index (χ4v) is 3.95. The topological polar surface area (TPSA) is 75.3 Å². The maximum atomic E-state index is 13.1. The lowest BCUT2D eigenvalue weighted by Crippen LogP contribution is -2.34. The summed E-state index contributed by atoms with van der Waals surface area (Å²) in [6.45, 7) is -0.105. The molecular formula is C13H11ClF2N2O3S2. The Morgan fingerprint density at radius 3 is 2.57 bits per heavy atom. The van der Waals surface area contributed by atoms with E-state index in [2.05, 4.69) is 10.0 Å². The molecule has 5 nitrogen and oxygen atoms in total. The zero-order valence-electron chi connectivity index (χ0n) is 11.5. The van der Waals surface area contributed by atoms with Crippen molar-refractivity contribution in [3.05, 3.63) is 51.9 Å². The van der Waals surface area contributed by atoms with Crippen LogP contribution in [-0.4, -0.2) is 27.4 Å². The Labute approximate surface area is 140 Å². The quantitative estimate of drug-likeness (QED) is 0.597. The van der Waals surface area contributed by atoms with Gasteiger partial charge >= 0.3 is 0 Å². The van der Waals surface area contributed by atoms with Crippen molar-refractivity contribution < 1.29 is 22.0 Å². The molecule has 2 rings (SSSR count). The molecule has 2 N–H and O–H groups in total. The highest BCUT2D eigenvalue weighted by Crippen LogP contribution is 2.19. The van der Waals surface area contributed by atoms with E-state index in [0.29, 0.717) is 12.1 Å². The van der Waals surface area contributed by atoms with Crippen LogP contribution in [0.2, 0.25) is 5.02 Å². The lowest BCUT2D eigenvalue weighted by Gasteiger charge is -2.08. The van der Waals surface area contributed by atoms with Gasteiger partial charge in [-0.15, -0.1) is 11.3 Å². The lowest BCUT2D eigenvalue weighted by molar-refractivity contribution is 0.0954. The molecule has 1 heterocycles. The number of carbonyl (C=O) groups is 1. The van der Waals surface area contributed by atoms with Gasteiger partial charge in [0, 0.05) is 13.1 Å². The molecule has 0 radical (unpaired) electrons. The number of nitrogens with one attached hydrogen (secondary N) is 2. The van der Waals surface area contributed by atoms with E-state index in [-0.39, 0.29) is 27.9 Å². The molecule has 23 heavy (non-hydrogen) atoms. The lowest BCUT2D eigenvalue weighted by atomic mass is 10.2. The number of thiophene rings is 1. The van der Waals surface area contributed by atoms with Crippen LogP contribution in [0.3, 0.4) is 0 Å². The van der Waals surface area contributed by atoms with Gasteiger partial charge in [0.2, 0.25) is 10.0 Å². The second kappa shape index (κ2) is 7.35. The predicted octanol–water partition coefficient (Wildman–Crippen LogP) is 2.39. The Balaban J connectivity index is 1.90. The highest BCUT2D eigenvalue weighted by molar-refractivity contribution is 7.91. The number of benzene rings is 1. The molecular weight excluding hydrogens is 370 g/mol. The normalized spacial score (nSPS) is 11.4. The zero-order chi connectivity index (χ0) is 17.0. The van der Waals surface area contributed by atoms with E-state index >= 15 is 0 Å². The number of carbonyl (C=O) groups excluding carboxylic acids is 1. The number of hydrogen-bond acceptors (Lipinski definition) is 4. The minimum absolute atomic E-state index is 0.0429. The average molecular weight is 381 g/mol. The van der Waals surface area contributed by atoms with Crippen LogP contribution < -0.4 is 10.0 Å². The Morgan fingerprint density at radius 1 is 1.22 bits per heavy atom. The van der Waals surface area contributed by atoms with E-state index in [1.54, 1.807) is 11.4 Å². The highest BCUT2D eigenvalue weighted by atomic mass is 35.5. The van der Waals surface area contributed by atoms with Crippen molar-refractivity contribution in [2.45, 2.75) is 4.21 Å². The van der Waals surface area contributed by atoms with Crippen LogP contribution in [0.5, 0.6) is 0 Å². The summed E-state index contributed by atoms with van der Waals surface area (Å²) in [5.74, 6) is -3.09. The molecule has 0 fully saturated rings. The fraction of sp³-hybridized carbons (Fsp3) is 0.154. The molecule has 0 saturated heterocycles. The van der Waals surface area contributed by atoms with Crippen molar-refractivity contribution in [2.75, 3.05) is 13.1 Å². The number of halogens is 3. The van der Waals surface area contributed by atoms with Crippen molar-refractivity contribution in [3.8, 4) is 0 Å². The van der Waals surface area contributed by atoms with Gasteiger partial charge in [-0.05, 0) is 23.6 Å². The van der Waals surface area contributed by atoms with Crippen molar-refractivity contribution in [3.63, 3.8) is 0 Å². The zero-order valence-corrected chi connectivity index (χ0v) is 13.9. The molecule has 0 aliphatic rings. The van der Waals surface area contributed by atoms with Gasteiger partial charge in [0.15, 0.2) is 11.6 Å². The summed E-state index contributed by atoms with van der Waals surface area (Å²) in [6.07, 6.45) is 0. The number of amides is 1. The van der Waals surface area contributed by atoms with Gasteiger partial charge in [0.25, 0.3) is 5.91 Å². The van der Waals surface area contributed by atoms with Gasteiger partial charge in [-0.3, -0.25) is 4.79 Å². The first-order chi connectivity index (χ1) is 10.8. The third-order valence-electron chi connectivity index (χ3n) is 2.72. The van der Waals surface area contributed by atoms with Crippen molar-refractivity contribution in [1.82, 2.24) is 10.0 Å². The Hall–Kier alpha value is -1.55. The van der Waals surface area contributed by atoms with Gasteiger partial charge in [0.1, 0.15) is 4.21 Å². The monoisotopic (exact) mass is 380 g/mol. The predicted molar refractivity (Wildman–Crippen MR) is 83.2 cm³/mol. The molecule has 0 aliphatic carbocycles. The van der Waals surface area contributed by atoms with E-state index in [1.165, 1.54) is 6.07 Å². The van der Waals surface area contributed by atoms with Crippen LogP contribution in [0.1, 0.15) is 10.4 Å². The van der Waals surface area contributed by atoms with Gasteiger partial charge in [0.05, 0.1) is 10.6 Å². The second-order valence-electron chi connectivity index (χ2n) is 4.33. The minimum atomic E-state index is -3.62. The number of hydrogen-bond donors (Lipinski definition) is 2. The molecule has 2 aromatic rings. The summed E-state index contributed by atoms with van der Waals surface area (Å²) in [7, 11) is -3.62.